The fourth-order valence-electron chi connectivity index (χ4n) is 2.92. The first-order valence-electron chi connectivity index (χ1n) is 8.71. The zero-order valence-electron chi connectivity index (χ0n) is 14.5. The van der Waals surface area contributed by atoms with Crippen molar-refractivity contribution in [1.29, 1.82) is 0 Å². The molecule has 1 saturated heterocycles. The van der Waals surface area contributed by atoms with Crippen molar-refractivity contribution in [3.63, 3.8) is 0 Å². The first-order valence-corrected chi connectivity index (χ1v) is 11.8. The highest BCUT2D eigenvalue weighted by molar-refractivity contribution is 9.11. The second-order valence-electron chi connectivity index (χ2n) is 6.61. The van der Waals surface area contributed by atoms with Gasteiger partial charge in [-0.2, -0.15) is 4.31 Å². The molecule has 0 radical (unpaired) electrons. The average molecular weight is 471 g/mol. The number of hydrogen-bond donors (Lipinski definition) is 1. The van der Waals surface area contributed by atoms with Crippen molar-refractivity contribution >= 4 is 49.0 Å². The van der Waals surface area contributed by atoms with E-state index in [1.165, 1.54) is 15.6 Å². The quantitative estimate of drug-likeness (QED) is 0.725. The highest BCUT2D eigenvalue weighted by Crippen LogP contribution is 2.29. The topological polar surface area (TPSA) is 82.6 Å². The molecule has 0 unspecified atom stereocenters. The van der Waals surface area contributed by atoms with Crippen molar-refractivity contribution in [3.05, 3.63) is 39.8 Å². The molecule has 4 rings (SSSR count). The second-order valence-corrected chi connectivity index (χ2v) is 11.2. The lowest BCUT2D eigenvalue weighted by Gasteiger charge is -2.33. The molecule has 27 heavy (non-hydrogen) atoms. The summed E-state index contributed by atoms with van der Waals surface area (Å²) >= 11 is 4.49. The molecule has 0 spiro atoms. The first-order chi connectivity index (χ1) is 12.9. The van der Waals surface area contributed by atoms with Crippen LogP contribution < -0.4 is 5.32 Å². The van der Waals surface area contributed by atoms with Crippen LogP contribution in [0.1, 0.15) is 23.2 Å². The van der Waals surface area contributed by atoms with Crippen molar-refractivity contribution in [3.8, 4) is 0 Å². The van der Waals surface area contributed by atoms with Gasteiger partial charge >= 0.3 is 0 Å². The summed E-state index contributed by atoms with van der Waals surface area (Å²) in [4.78, 5) is 18.7. The van der Waals surface area contributed by atoms with Gasteiger partial charge < -0.3 is 10.2 Å². The van der Waals surface area contributed by atoms with Crippen molar-refractivity contribution in [1.82, 2.24) is 14.2 Å². The third kappa shape index (κ3) is 4.18. The van der Waals surface area contributed by atoms with Crippen LogP contribution >= 0.6 is 27.3 Å². The number of anilines is 1. The van der Waals surface area contributed by atoms with Crippen molar-refractivity contribution in [2.24, 2.45) is 0 Å². The Morgan fingerprint density at radius 1 is 1.15 bits per heavy atom. The molecule has 0 aromatic carbocycles. The largest absolute Gasteiger partial charge is 0.367 e. The molecule has 10 heteroatoms. The van der Waals surface area contributed by atoms with Crippen molar-refractivity contribution < 1.29 is 13.2 Å². The number of sulfonamides is 1. The second kappa shape index (κ2) is 7.50. The summed E-state index contributed by atoms with van der Waals surface area (Å²) in [5.41, 5.74) is 0.523. The van der Waals surface area contributed by atoms with Crippen LogP contribution in [0, 0.1) is 0 Å². The zero-order valence-corrected chi connectivity index (χ0v) is 17.7. The van der Waals surface area contributed by atoms with E-state index in [-0.39, 0.29) is 5.91 Å². The summed E-state index contributed by atoms with van der Waals surface area (Å²) < 4.78 is 27.9. The van der Waals surface area contributed by atoms with E-state index in [0.717, 1.165) is 22.4 Å². The summed E-state index contributed by atoms with van der Waals surface area (Å²) in [6.45, 7) is 1.32. The summed E-state index contributed by atoms with van der Waals surface area (Å²) in [7, 11) is -3.50. The highest BCUT2D eigenvalue weighted by Gasteiger charge is 2.31. The number of halogens is 1. The van der Waals surface area contributed by atoms with Gasteiger partial charge in [-0.25, -0.2) is 13.4 Å². The molecule has 1 aliphatic heterocycles. The van der Waals surface area contributed by atoms with Crippen LogP contribution in [0.25, 0.3) is 0 Å². The van der Waals surface area contributed by atoms with Gasteiger partial charge in [0.25, 0.3) is 15.9 Å². The molecule has 1 aliphatic carbocycles. The third-order valence-corrected chi connectivity index (χ3v) is 8.60. The van der Waals surface area contributed by atoms with E-state index < -0.39 is 10.0 Å². The molecule has 1 N–H and O–H groups in total. The molecule has 0 atom stereocenters. The van der Waals surface area contributed by atoms with Gasteiger partial charge in [0.15, 0.2) is 0 Å². The number of carbonyl (C=O) groups is 1. The van der Waals surface area contributed by atoms with E-state index in [1.54, 1.807) is 29.3 Å². The number of hydrogen-bond acceptors (Lipinski definition) is 6. The lowest BCUT2D eigenvalue weighted by Crippen LogP contribution is -2.50. The Kier molecular flexibility index (Phi) is 5.23. The van der Waals surface area contributed by atoms with Gasteiger partial charge in [0, 0.05) is 38.4 Å². The molecule has 7 nitrogen and oxygen atoms in total. The van der Waals surface area contributed by atoms with E-state index in [0.29, 0.717) is 42.0 Å². The fourth-order valence-corrected chi connectivity index (χ4v) is 6.51. The molecule has 2 fully saturated rings. The number of carbonyl (C=O) groups excluding carboxylic acids is 1. The number of aromatic nitrogens is 1. The number of rotatable bonds is 5. The van der Waals surface area contributed by atoms with Crippen molar-refractivity contribution in [2.75, 3.05) is 31.5 Å². The van der Waals surface area contributed by atoms with Gasteiger partial charge in [-0.15, -0.1) is 11.3 Å². The molecular weight excluding hydrogens is 452 g/mol. The predicted molar refractivity (Wildman–Crippen MR) is 108 cm³/mol. The Morgan fingerprint density at radius 3 is 2.44 bits per heavy atom. The van der Waals surface area contributed by atoms with Gasteiger partial charge in [0.05, 0.1) is 9.35 Å². The predicted octanol–water partition coefficient (Wildman–Crippen LogP) is 2.63. The summed E-state index contributed by atoms with van der Waals surface area (Å²) in [6, 6.07) is 7.43. The van der Waals surface area contributed by atoms with E-state index in [2.05, 4.69) is 26.2 Å². The maximum Gasteiger partial charge on any atom is 0.255 e. The van der Waals surface area contributed by atoms with Crippen LogP contribution in [0.3, 0.4) is 0 Å². The van der Waals surface area contributed by atoms with Crippen LogP contribution in [-0.4, -0.2) is 60.7 Å². The molecule has 2 aromatic rings. The molecule has 1 amide bonds. The Bertz CT molecular complexity index is 933. The molecule has 2 aliphatic rings. The van der Waals surface area contributed by atoms with Crippen LogP contribution in [0.15, 0.2) is 38.5 Å². The van der Waals surface area contributed by atoms with Crippen molar-refractivity contribution in [2.45, 2.75) is 23.1 Å². The van der Waals surface area contributed by atoms with Gasteiger partial charge in [-0.1, -0.05) is 0 Å². The summed E-state index contributed by atoms with van der Waals surface area (Å²) in [5, 5.41) is 3.29. The molecule has 144 valence electrons. The standard InChI is InChI=1S/C17H19BrN4O3S2/c18-14-4-6-16(26-14)27(24,25)22-9-7-21(8-10-22)17(23)12-1-5-15(19-11-12)20-13-2-3-13/h1,4-6,11,13H,2-3,7-10H2,(H,19,20). The fraction of sp³-hybridized carbons (Fsp3) is 0.412. The Labute approximate surface area is 170 Å². The Balaban J connectivity index is 1.37. The first kappa shape index (κ1) is 18.9. The monoisotopic (exact) mass is 470 g/mol. The number of thiophene rings is 1. The highest BCUT2D eigenvalue weighted by atomic mass is 79.9. The average Bonchev–Trinajstić information content (AvgIpc) is 3.38. The number of nitrogens with one attached hydrogen (secondary N) is 1. The smallest absolute Gasteiger partial charge is 0.255 e. The number of nitrogens with zero attached hydrogens (tertiary/aromatic N) is 3. The SMILES string of the molecule is O=C(c1ccc(NC2CC2)nc1)N1CCN(S(=O)(=O)c2ccc(Br)s2)CC1. The van der Waals surface area contributed by atoms with E-state index in [1.807, 2.05) is 6.07 Å². The molecule has 1 saturated carbocycles. The van der Waals surface area contributed by atoms with Crippen LogP contribution in [0.4, 0.5) is 5.82 Å². The summed E-state index contributed by atoms with van der Waals surface area (Å²) in [5.74, 6) is 0.670. The van der Waals surface area contributed by atoms with Crippen LogP contribution in [0.5, 0.6) is 0 Å². The van der Waals surface area contributed by atoms with Gasteiger partial charge in [0.1, 0.15) is 10.0 Å². The lowest BCUT2D eigenvalue weighted by atomic mass is 10.2. The van der Waals surface area contributed by atoms with Crippen LogP contribution in [-0.2, 0) is 10.0 Å². The maximum absolute atomic E-state index is 12.7. The molecule has 0 bridgehead atoms. The zero-order chi connectivity index (χ0) is 19.0. The van der Waals surface area contributed by atoms with E-state index in [4.69, 9.17) is 0 Å². The Morgan fingerprint density at radius 2 is 1.89 bits per heavy atom. The summed E-state index contributed by atoms with van der Waals surface area (Å²) in [6.07, 6.45) is 3.91. The minimum atomic E-state index is -3.50. The molecular formula is C17H19BrN4O3S2. The minimum Gasteiger partial charge on any atom is -0.367 e. The van der Waals surface area contributed by atoms with E-state index in [9.17, 15) is 13.2 Å². The van der Waals surface area contributed by atoms with E-state index >= 15 is 0 Å². The maximum atomic E-state index is 12.7. The third-order valence-electron chi connectivity index (χ3n) is 4.61. The van der Waals surface area contributed by atoms with Gasteiger partial charge in [0.2, 0.25) is 0 Å². The minimum absolute atomic E-state index is 0.114. The lowest BCUT2D eigenvalue weighted by molar-refractivity contribution is 0.0697. The number of piperazine rings is 1. The normalized spacial score (nSPS) is 18.5. The molecule has 2 aromatic heterocycles. The number of amides is 1. The van der Waals surface area contributed by atoms with Crippen LogP contribution in [0.2, 0.25) is 0 Å². The van der Waals surface area contributed by atoms with Gasteiger partial charge in [-0.05, 0) is 53.0 Å². The number of pyridine rings is 1. The van der Waals surface area contributed by atoms with Gasteiger partial charge in [-0.3, -0.25) is 4.79 Å². The molecule has 3 heterocycles. The Hall–Kier alpha value is -1.49.